The van der Waals surface area contributed by atoms with Gasteiger partial charge in [0.15, 0.2) is 0 Å². The number of nitrogens with zero attached hydrogens (tertiary/aromatic N) is 2. The van der Waals surface area contributed by atoms with Crippen LogP contribution in [0.2, 0.25) is 0 Å². The van der Waals surface area contributed by atoms with Crippen molar-refractivity contribution < 1.29 is 19.4 Å². The summed E-state index contributed by atoms with van der Waals surface area (Å²) in [5.74, 6) is -1.19. The molecule has 0 unspecified atom stereocenters. The topological polar surface area (TPSA) is 93.5 Å². The summed E-state index contributed by atoms with van der Waals surface area (Å²) in [5.41, 5.74) is 1.56. The van der Waals surface area contributed by atoms with Gasteiger partial charge < -0.3 is 15.2 Å². The second-order valence-electron chi connectivity index (χ2n) is 6.37. The normalized spacial score (nSPS) is 16.4. The zero-order chi connectivity index (χ0) is 17.9. The summed E-state index contributed by atoms with van der Waals surface area (Å²) in [6.45, 7) is 2.81. The lowest BCUT2D eigenvalue weighted by molar-refractivity contribution is -0.139. The Morgan fingerprint density at radius 2 is 2.12 bits per heavy atom. The molecule has 1 aromatic carbocycles. The van der Waals surface area contributed by atoms with E-state index >= 15 is 0 Å². The van der Waals surface area contributed by atoms with Crippen LogP contribution >= 0.6 is 0 Å². The number of ether oxygens (including phenoxy) is 1. The lowest BCUT2D eigenvalue weighted by atomic mass is 9.86. The first-order valence-corrected chi connectivity index (χ1v) is 8.22. The number of nitrogens with one attached hydrogen (secondary N) is 1. The summed E-state index contributed by atoms with van der Waals surface area (Å²) < 4.78 is 7.05. The summed E-state index contributed by atoms with van der Waals surface area (Å²) in [6, 6.07) is 7.19. The molecule has 1 aliphatic heterocycles. The van der Waals surface area contributed by atoms with Gasteiger partial charge in [-0.15, -0.1) is 0 Å². The minimum Gasteiger partial charge on any atom is -0.481 e. The van der Waals surface area contributed by atoms with E-state index < -0.39 is 11.5 Å². The number of carbonyl (C=O) groups excluding carboxylic acids is 1. The van der Waals surface area contributed by atoms with Crippen molar-refractivity contribution in [2.24, 2.45) is 0 Å². The molecular formula is C18H21N3O4. The van der Waals surface area contributed by atoms with Crippen molar-refractivity contribution in [3.05, 3.63) is 47.8 Å². The molecule has 0 aliphatic carbocycles. The second-order valence-corrected chi connectivity index (χ2v) is 6.37. The average Bonchev–Trinajstić information content (AvgIpc) is 3.08. The highest BCUT2D eigenvalue weighted by molar-refractivity contribution is 5.95. The molecule has 2 N–H and O–H groups in total. The molecule has 0 radical (unpaired) electrons. The number of hydrogen-bond acceptors (Lipinski definition) is 4. The standard InChI is InChI=1S/C18H21N3O4/c1-13-11-14(3-4-15(13)21-8-2-7-19-21)17(24)20-18(12-16(22)23)5-9-25-10-6-18/h2-4,7-8,11H,5-6,9-10,12H2,1H3,(H,20,24)(H,22,23). The van der Waals surface area contributed by atoms with Crippen LogP contribution in [0.4, 0.5) is 0 Å². The van der Waals surface area contributed by atoms with Crippen molar-refractivity contribution in [1.29, 1.82) is 0 Å². The number of hydrogen-bond donors (Lipinski definition) is 2. The van der Waals surface area contributed by atoms with Gasteiger partial charge in [-0.25, -0.2) is 4.68 Å². The fourth-order valence-electron chi connectivity index (χ4n) is 3.18. The maximum atomic E-state index is 12.7. The highest BCUT2D eigenvalue weighted by Gasteiger charge is 2.36. The van der Waals surface area contributed by atoms with E-state index in [-0.39, 0.29) is 12.3 Å². The molecule has 0 spiro atoms. The number of carboxylic acid groups (broad SMARTS) is 1. The van der Waals surface area contributed by atoms with Crippen LogP contribution in [-0.2, 0) is 9.53 Å². The Hall–Kier alpha value is -2.67. The fraction of sp³-hybridized carbons (Fsp3) is 0.389. The number of aliphatic carboxylic acids is 1. The van der Waals surface area contributed by atoms with E-state index in [2.05, 4.69) is 10.4 Å². The van der Waals surface area contributed by atoms with Crippen LogP contribution in [-0.4, -0.2) is 45.5 Å². The van der Waals surface area contributed by atoms with Gasteiger partial charge in [-0.2, -0.15) is 5.10 Å². The quantitative estimate of drug-likeness (QED) is 0.865. The number of carbonyl (C=O) groups is 2. The van der Waals surface area contributed by atoms with Crippen molar-refractivity contribution >= 4 is 11.9 Å². The van der Waals surface area contributed by atoms with E-state index in [4.69, 9.17) is 4.74 Å². The Morgan fingerprint density at radius 3 is 2.72 bits per heavy atom. The lowest BCUT2D eigenvalue weighted by Crippen LogP contribution is -2.53. The number of aryl methyl sites for hydroxylation is 1. The summed E-state index contributed by atoms with van der Waals surface area (Å²) in [7, 11) is 0. The molecule has 0 bridgehead atoms. The largest absolute Gasteiger partial charge is 0.481 e. The minimum atomic E-state index is -0.924. The van der Waals surface area contributed by atoms with Crippen molar-refractivity contribution in [3.63, 3.8) is 0 Å². The molecule has 1 saturated heterocycles. The van der Waals surface area contributed by atoms with Crippen LogP contribution in [0.25, 0.3) is 5.69 Å². The van der Waals surface area contributed by atoms with E-state index in [0.29, 0.717) is 31.6 Å². The molecule has 25 heavy (non-hydrogen) atoms. The Morgan fingerprint density at radius 1 is 1.36 bits per heavy atom. The van der Waals surface area contributed by atoms with E-state index in [1.54, 1.807) is 23.0 Å². The molecule has 0 saturated carbocycles. The van der Waals surface area contributed by atoms with Crippen molar-refractivity contribution in [2.45, 2.75) is 31.7 Å². The summed E-state index contributed by atoms with van der Waals surface area (Å²) in [6.07, 6.45) is 4.42. The van der Waals surface area contributed by atoms with E-state index in [9.17, 15) is 14.7 Å². The number of aromatic nitrogens is 2. The minimum absolute atomic E-state index is 0.105. The second kappa shape index (κ2) is 7.06. The van der Waals surface area contributed by atoms with Gasteiger partial charge in [0.2, 0.25) is 0 Å². The molecule has 1 fully saturated rings. The average molecular weight is 343 g/mol. The number of amides is 1. The smallest absolute Gasteiger partial charge is 0.305 e. The van der Waals surface area contributed by atoms with Crippen LogP contribution in [0, 0.1) is 6.92 Å². The molecular weight excluding hydrogens is 322 g/mol. The molecule has 1 aromatic heterocycles. The van der Waals surface area contributed by atoms with Gasteiger partial charge in [0.1, 0.15) is 0 Å². The van der Waals surface area contributed by atoms with Crippen LogP contribution in [0.1, 0.15) is 35.2 Å². The monoisotopic (exact) mass is 343 g/mol. The number of benzene rings is 1. The molecule has 7 nitrogen and oxygen atoms in total. The van der Waals surface area contributed by atoms with Gasteiger partial charge in [-0.3, -0.25) is 9.59 Å². The molecule has 132 valence electrons. The lowest BCUT2D eigenvalue weighted by Gasteiger charge is -2.36. The SMILES string of the molecule is Cc1cc(C(=O)NC2(CC(=O)O)CCOCC2)ccc1-n1cccn1. The van der Waals surface area contributed by atoms with Crippen LogP contribution in [0.15, 0.2) is 36.7 Å². The third-order valence-corrected chi connectivity index (χ3v) is 4.53. The maximum absolute atomic E-state index is 12.7. The fourth-order valence-corrected chi connectivity index (χ4v) is 3.18. The van der Waals surface area contributed by atoms with E-state index in [1.807, 2.05) is 25.3 Å². The highest BCUT2D eigenvalue weighted by Crippen LogP contribution is 2.25. The van der Waals surface area contributed by atoms with E-state index in [1.165, 1.54) is 0 Å². The zero-order valence-electron chi connectivity index (χ0n) is 14.1. The predicted octanol–water partition coefficient (Wildman–Crippen LogP) is 1.93. The van der Waals surface area contributed by atoms with Crippen LogP contribution in [0.3, 0.4) is 0 Å². The first kappa shape index (κ1) is 17.2. The third kappa shape index (κ3) is 3.88. The van der Waals surface area contributed by atoms with Gasteiger partial charge in [0.05, 0.1) is 17.6 Å². The van der Waals surface area contributed by atoms with Gasteiger partial charge in [-0.05, 0) is 49.6 Å². The Bertz CT molecular complexity index is 765. The molecule has 2 aromatic rings. The van der Waals surface area contributed by atoms with Gasteiger partial charge >= 0.3 is 5.97 Å². The predicted molar refractivity (Wildman–Crippen MR) is 90.8 cm³/mol. The van der Waals surface area contributed by atoms with Crippen molar-refractivity contribution in [1.82, 2.24) is 15.1 Å². The summed E-state index contributed by atoms with van der Waals surface area (Å²) in [5, 5.41) is 16.3. The molecule has 1 aliphatic rings. The molecule has 3 rings (SSSR count). The summed E-state index contributed by atoms with van der Waals surface area (Å²) >= 11 is 0. The van der Waals surface area contributed by atoms with Crippen molar-refractivity contribution in [2.75, 3.05) is 13.2 Å². The first-order chi connectivity index (χ1) is 12.0. The highest BCUT2D eigenvalue weighted by atomic mass is 16.5. The Balaban J connectivity index is 1.80. The number of rotatable bonds is 5. The molecule has 1 amide bonds. The van der Waals surface area contributed by atoms with Gasteiger partial charge in [0, 0.05) is 31.2 Å². The Labute approximate surface area is 145 Å². The molecule has 2 heterocycles. The van der Waals surface area contributed by atoms with Gasteiger partial charge in [0.25, 0.3) is 5.91 Å². The van der Waals surface area contributed by atoms with Crippen molar-refractivity contribution in [3.8, 4) is 5.69 Å². The maximum Gasteiger partial charge on any atom is 0.305 e. The molecule has 0 atom stereocenters. The Kier molecular flexibility index (Phi) is 4.85. The van der Waals surface area contributed by atoms with Gasteiger partial charge in [-0.1, -0.05) is 0 Å². The third-order valence-electron chi connectivity index (χ3n) is 4.53. The zero-order valence-corrected chi connectivity index (χ0v) is 14.1. The van der Waals surface area contributed by atoms with E-state index in [0.717, 1.165) is 11.3 Å². The summed E-state index contributed by atoms with van der Waals surface area (Å²) in [4.78, 5) is 23.9. The first-order valence-electron chi connectivity index (χ1n) is 8.22. The molecule has 7 heteroatoms. The van der Waals surface area contributed by atoms with Crippen LogP contribution < -0.4 is 5.32 Å². The van der Waals surface area contributed by atoms with Crippen LogP contribution in [0.5, 0.6) is 0 Å². The number of carboxylic acids is 1.